The van der Waals surface area contributed by atoms with Crippen molar-refractivity contribution < 1.29 is 0 Å². The molecule has 14 heavy (non-hydrogen) atoms. The first kappa shape index (κ1) is 8.53. The van der Waals surface area contributed by atoms with Gasteiger partial charge in [-0.1, -0.05) is 0 Å². The fourth-order valence-electron chi connectivity index (χ4n) is 3.18. The highest BCUT2D eigenvalue weighted by Crippen LogP contribution is 2.34. The molecule has 0 aromatic rings. The molecule has 2 saturated heterocycles. The Morgan fingerprint density at radius 3 is 3.21 bits per heavy atom. The van der Waals surface area contributed by atoms with Gasteiger partial charge in [0.25, 0.3) is 0 Å². The molecular weight excluding hydrogens is 176 g/mol. The summed E-state index contributed by atoms with van der Waals surface area (Å²) in [7, 11) is 0. The van der Waals surface area contributed by atoms with Crippen LogP contribution < -0.4 is 11.1 Å². The second-order valence-corrected chi connectivity index (χ2v) is 4.89. The van der Waals surface area contributed by atoms with Crippen molar-refractivity contribution in [2.45, 2.75) is 37.3 Å². The van der Waals surface area contributed by atoms with Gasteiger partial charge in [-0.15, -0.1) is 0 Å². The molecule has 0 radical (unpaired) electrons. The third-order valence-corrected chi connectivity index (χ3v) is 3.95. The first-order valence-corrected chi connectivity index (χ1v) is 5.60. The van der Waals surface area contributed by atoms with Crippen molar-refractivity contribution in [2.24, 2.45) is 10.7 Å². The summed E-state index contributed by atoms with van der Waals surface area (Å²) in [5, 5.41) is 3.38. The molecule has 78 valence electrons. The number of guanidine groups is 1. The Labute approximate surface area is 84.6 Å². The van der Waals surface area contributed by atoms with Gasteiger partial charge >= 0.3 is 0 Å². The Morgan fingerprint density at radius 2 is 2.43 bits per heavy atom. The minimum atomic E-state index is 0.218. The first-order valence-electron chi connectivity index (χ1n) is 5.60. The molecule has 3 N–H and O–H groups in total. The topological polar surface area (TPSA) is 53.6 Å². The Morgan fingerprint density at radius 1 is 1.50 bits per heavy atom. The van der Waals surface area contributed by atoms with E-state index in [2.05, 4.69) is 15.2 Å². The van der Waals surface area contributed by atoms with Gasteiger partial charge in [0.15, 0.2) is 5.96 Å². The zero-order valence-electron chi connectivity index (χ0n) is 8.50. The van der Waals surface area contributed by atoms with Crippen LogP contribution in [0.15, 0.2) is 4.99 Å². The first-order chi connectivity index (χ1) is 6.77. The fraction of sp³-hybridized carbons (Fsp3) is 0.900. The van der Waals surface area contributed by atoms with E-state index < -0.39 is 0 Å². The Kier molecular flexibility index (Phi) is 1.74. The van der Waals surface area contributed by atoms with Crippen LogP contribution in [-0.2, 0) is 0 Å². The molecule has 0 aromatic heterocycles. The second kappa shape index (κ2) is 2.86. The summed E-state index contributed by atoms with van der Waals surface area (Å²) < 4.78 is 0. The highest BCUT2D eigenvalue weighted by atomic mass is 15.3. The van der Waals surface area contributed by atoms with Crippen molar-refractivity contribution >= 4 is 5.96 Å². The quantitative estimate of drug-likeness (QED) is 0.566. The lowest BCUT2D eigenvalue weighted by atomic mass is 9.84. The van der Waals surface area contributed by atoms with Crippen LogP contribution in [0.25, 0.3) is 0 Å². The Bertz CT molecular complexity index is 275. The van der Waals surface area contributed by atoms with Gasteiger partial charge in [-0.3, -0.25) is 4.99 Å². The highest BCUT2D eigenvalue weighted by Gasteiger charge is 2.43. The number of rotatable bonds is 0. The van der Waals surface area contributed by atoms with E-state index in [-0.39, 0.29) is 5.54 Å². The lowest BCUT2D eigenvalue weighted by Gasteiger charge is -2.41. The minimum absolute atomic E-state index is 0.218. The molecular formula is C10H18N4. The van der Waals surface area contributed by atoms with E-state index in [0.717, 1.165) is 12.6 Å². The number of hydrogen-bond acceptors (Lipinski definition) is 4. The van der Waals surface area contributed by atoms with Crippen molar-refractivity contribution in [1.29, 1.82) is 0 Å². The van der Waals surface area contributed by atoms with Crippen molar-refractivity contribution in [3.63, 3.8) is 0 Å². The van der Waals surface area contributed by atoms with Crippen molar-refractivity contribution in [2.75, 3.05) is 19.6 Å². The normalized spacial score (nSPS) is 42.3. The molecule has 0 aliphatic carbocycles. The van der Waals surface area contributed by atoms with Gasteiger partial charge < -0.3 is 16.0 Å². The average molecular weight is 194 g/mol. The largest absolute Gasteiger partial charge is 0.370 e. The van der Waals surface area contributed by atoms with E-state index in [4.69, 9.17) is 5.73 Å². The van der Waals surface area contributed by atoms with Gasteiger partial charge in [0.05, 0.1) is 12.1 Å². The van der Waals surface area contributed by atoms with Crippen LogP contribution in [0.2, 0.25) is 0 Å². The molecule has 3 heterocycles. The van der Waals surface area contributed by atoms with Crippen LogP contribution in [0.4, 0.5) is 0 Å². The summed E-state index contributed by atoms with van der Waals surface area (Å²) in [6.45, 7) is 3.42. The molecule has 0 bridgehead atoms. The molecule has 0 saturated carbocycles. The highest BCUT2D eigenvalue weighted by molar-refractivity contribution is 5.80. The van der Waals surface area contributed by atoms with Crippen molar-refractivity contribution in [3.8, 4) is 0 Å². The molecule has 0 amide bonds. The molecule has 2 atom stereocenters. The van der Waals surface area contributed by atoms with Crippen LogP contribution in [0.5, 0.6) is 0 Å². The molecule has 3 rings (SSSR count). The van der Waals surface area contributed by atoms with Gasteiger partial charge in [0.1, 0.15) is 0 Å². The van der Waals surface area contributed by atoms with E-state index in [1.807, 2.05) is 0 Å². The van der Waals surface area contributed by atoms with Gasteiger partial charge in [-0.05, 0) is 32.2 Å². The number of nitrogens with one attached hydrogen (secondary N) is 1. The third kappa shape index (κ3) is 1.21. The molecule has 4 nitrogen and oxygen atoms in total. The zero-order valence-corrected chi connectivity index (χ0v) is 8.50. The Hall–Kier alpha value is -0.770. The maximum absolute atomic E-state index is 5.70. The van der Waals surface area contributed by atoms with Gasteiger partial charge in [-0.2, -0.15) is 0 Å². The number of fused-ring (bicyclic) bond motifs is 1. The number of piperidine rings is 1. The monoisotopic (exact) mass is 194 g/mol. The molecule has 3 aliphatic rings. The molecule has 2 fully saturated rings. The average Bonchev–Trinajstić information content (AvgIpc) is 2.74. The number of aliphatic imine (C=N–C) groups is 1. The number of hydrogen-bond donors (Lipinski definition) is 2. The zero-order chi connectivity index (χ0) is 9.60. The Balaban J connectivity index is 1.73. The molecule has 4 heteroatoms. The van der Waals surface area contributed by atoms with Gasteiger partial charge in [0.2, 0.25) is 0 Å². The number of nitrogens with zero attached hydrogens (tertiary/aromatic N) is 2. The summed E-state index contributed by atoms with van der Waals surface area (Å²) >= 11 is 0. The fourth-order valence-corrected chi connectivity index (χ4v) is 3.18. The molecule has 1 spiro atoms. The molecule has 2 unspecified atom stereocenters. The van der Waals surface area contributed by atoms with E-state index in [1.54, 1.807) is 0 Å². The van der Waals surface area contributed by atoms with Crippen LogP contribution in [0.1, 0.15) is 25.7 Å². The van der Waals surface area contributed by atoms with E-state index in [0.29, 0.717) is 5.96 Å². The van der Waals surface area contributed by atoms with Crippen LogP contribution >= 0.6 is 0 Å². The van der Waals surface area contributed by atoms with Crippen molar-refractivity contribution in [3.05, 3.63) is 0 Å². The van der Waals surface area contributed by atoms with Crippen molar-refractivity contribution in [1.82, 2.24) is 10.2 Å². The summed E-state index contributed by atoms with van der Waals surface area (Å²) in [5.41, 5.74) is 5.92. The third-order valence-electron chi connectivity index (χ3n) is 3.95. The van der Waals surface area contributed by atoms with Gasteiger partial charge in [-0.25, -0.2) is 0 Å². The van der Waals surface area contributed by atoms with Gasteiger partial charge in [0, 0.05) is 12.6 Å². The van der Waals surface area contributed by atoms with Crippen LogP contribution in [0, 0.1) is 0 Å². The number of nitrogens with two attached hydrogens (primary N) is 1. The van der Waals surface area contributed by atoms with E-state index in [9.17, 15) is 0 Å². The predicted octanol–water partition coefficient (Wildman–Crippen LogP) is -0.0987. The lowest BCUT2D eigenvalue weighted by molar-refractivity contribution is 0.129. The van der Waals surface area contributed by atoms with E-state index in [1.165, 1.54) is 38.8 Å². The predicted molar refractivity (Wildman–Crippen MR) is 56.2 cm³/mol. The minimum Gasteiger partial charge on any atom is -0.370 e. The van der Waals surface area contributed by atoms with Crippen LogP contribution in [-0.4, -0.2) is 42.1 Å². The maximum atomic E-state index is 5.70. The lowest BCUT2D eigenvalue weighted by Crippen LogP contribution is -2.56. The van der Waals surface area contributed by atoms with E-state index >= 15 is 0 Å². The summed E-state index contributed by atoms with van der Waals surface area (Å²) in [5.74, 6) is 0.649. The standard InChI is InChI=1S/C10H18N4/c11-9-12-7-10(13-9)3-5-14-4-1-2-8(14)6-10/h8H,1-7H2,(H3,11,12,13). The summed E-state index contributed by atoms with van der Waals surface area (Å²) in [6, 6.07) is 0.789. The second-order valence-electron chi connectivity index (χ2n) is 4.89. The maximum Gasteiger partial charge on any atom is 0.189 e. The smallest absolute Gasteiger partial charge is 0.189 e. The molecule has 3 aliphatic heterocycles. The SMILES string of the molecule is NC1=NCC2(CCN3CCCC3C2)N1. The summed E-state index contributed by atoms with van der Waals surface area (Å²) in [4.78, 5) is 6.92. The summed E-state index contributed by atoms with van der Waals surface area (Å²) in [6.07, 6.45) is 5.17. The molecule has 0 aromatic carbocycles. The van der Waals surface area contributed by atoms with Crippen LogP contribution in [0.3, 0.4) is 0 Å².